The van der Waals surface area contributed by atoms with E-state index in [0.717, 1.165) is 52.2 Å². The predicted molar refractivity (Wildman–Crippen MR) is 105 cm³/mol. The summed E-state index contributed by atoms with van der Waals surface area (Å²) in [6.45, 7) is 7.12. The van der Waals surface area contributed by atoms with Gasteiger partial charge in [-0.15, -0.1) is 0 Å². The quantitative estimate of drug-likeness (QED) is 0.519. The average molecular weight is 374 g/mol. The Hall–Kier alpha value is -1.96. The van der Waals surface area contributed by atoms with Gasteiger partial charge in [0.05, 0.1) is 19.8 Å². The molecule has 2 heterocycles. The summed E-state index contributed by atoms with van der Waals surface area (Å²) in [7, 11) is 0. The molecule has 0 aromatic heterocycles. The highest BCUT2D eigenvalue weighted by molar-refractivity contribution is 6.04. The van der Waals surface area contributed by atoms with Gasteiger partial charge in [-0.3, -0.25) is 9.69 Å². The van der Waals surface area contributed by atoms with E-state index >= 15 is 0 Å². The van der Waals surface area contributed by atoms with E-state index in [4.69, 9.17) is 20.6 Å². The van der Waals surface area contributed by atoms with Crippen LogP contribution in [0.3, 0.4) is 0 Å². The molecule has 27 heavy (non-hydrogen) atoms. The van der Waals surface area contributed by atoms with Gasteiger partial charge < -0.3 is 25.9 Å². The van der Waals surface area contributed by atoms with Gasteiger partial charge in [-0.2, -0.15) is 0 Å². The second-order valence-corrected chi connectivity index (χ2v) is 7.41. The maximum Gasteiger partial charge on any atom is 0.251 e. The van der Waals surface area contributed by atoms with Crippen LogP contribution in [0.1, 0.15) is 42.1 Å². The lowest BCUT2D eigenvalue weighted by molar-refractivity contribution is -0.0890. The number of hydrogen-bond acceptors (Lipinski definition) is 6. The maximum atomic E-state index is 12.6. The molecule has 1 unspecified atom stereocenters. The predicted octanol–water partition coefficient (Wildman–Crippen LogP) is 1.66. The number of nitrogens with one attached hydrogen (secondary N) is 2. The van der Waals surface area contributed by atoms with E-state index in [1.54, 1.807) is 25.1 Å². The molecule has 2 fully saturated rings. The number of nitrogen functional groups attached to an aromatic ring is 1. The molecule has 7 nitrogen and oxygen atoms in total. The van der Waals surface area contributed by atoms with Crippen molar-refractivity contribution < 1.29 is 14.3 Å². The number of carbonyl (C=O) groups excluding carboxylic acids is 1. The first-order valence-electron chi connectivity index (χ1n) is 9.66. The molecule has 0 spiro atoms. The molecule has 1 amide bonds. The molecule has 0 saturated carbocycles. The van der Waals surface area contributed by atoms with Crippen LogP contribution in [-0.2, 0) is 9.47 Å². The monoisotopic (exact) mass is 374 g/mol. The van der Waals surface area contributed by atoms with Crippen LogP contribution in [-0.4, -0.2) is 68.1 Å². The van der Waals surface area contributed by atoms with Crippen molar-refractivity contribution in [2.24, 2.45) is 0 Å². The summed E-state index contributed by atoms with van der Waals surface area (Å²) in [5.41, 5.74) is 7.88. The Morgan fingerprint density at radius 2 is 2.07 bits per heavy atom. The van der Waals surface area contributed by atoms with Crippen molar-refractivity contribution in [1.82, 2.24) is 10.2 Å². The van der Waals surface area contributed by atoms with Crippen LogP contribution in [0, 0.1) is 5.41 Å². The maximum absolute atomic E-state index is 12.6. The van der Waals surface area contributed by atoms with Crippen molar-refractivity contribution in [2.45, 2.75) is 31.7 Å². The van der Waals surface area contributed by atoms with Crippen molar-refractivity contribution >= 4 is 17.3 Å². The highest BCUT2D eigenvalue weighted by atomic mass is 16.5. The first kappa shape index (κ1) is 19.8. The minimum atomic E-state index is -0.133. The summed E-state index contributed by atoms with van der Waals surface area (Å²) in [5, 5.41) is 10.8. The van der Waals surface area contributed by atoms with E-state index in [1.807, 2.05) is 0 Å². The minimum Gasteiger partial charge on any atom is -0.398 e. The van der Waals surface area contributed by atoms with Gasteiger partial charge in [-0.1, -0.05) is 0 Å². The van der Waals surface area contributed by atoms with E-state index in [9.17, 15) is 4.79 Å². The molecular formula is C20H30N4O3. The second kappa shape index (κ2) is 8.82. The summed E-state index contributed by atoms with van der Waals surface area (Å²) < 4.78 is 11.3. The minimum absolute atomic E-state index is 0.0207. The molecule has 2 aliphatic rings. The van der Waals surface area contributed by atoms with Crippen LogP contribution in [0.5, 0.6) is 0 Å². The zero-order valence-corrected chi connectivity index (χ0v) is 16.1. The normalized spacial score (nSPS) is 23.7. The van der Waals surface area contributed by atoms with Crippen LogP contribution in [0.15, 0.2) is 18.2 Å². The number of carbonyl (C=O) groups is 1. The number of benzene rings is 1. The van der Waals surface area contributed by atoms with E-state index in [1.165, 1.54) is 0 Å². The Balaban J connectivity index is 1.62. The zero-order valence-electron chi connectivity index (χ0n) is 16.1. The molecule has 4 N–H and O–H groups in total. The Morgan fingerprint density at radius 3 is 2.74 bits per heavy atom. The first-order chi connectivity index (χ1) is 13.0. The van der Waals surface area contributed by atoms with E-state index in [-0.39, 0.29) is 11.4 Å². The topological polar surface area (TPSA) is 101 Å². The van der Waals surface area contributed by atoms with Gasteiger partial charge >= 0.3 is 0 Å². The highest BCUT2D eigenvalue weighted by Gasteiger charge is 2.39. The van der Waals surface area contributed by atoms with Crippen molar-refractivity contribution in [3.8, 4) is 0 Å². The van der Waals surface area contributed by atoms with Crippen molar-refractivity contribution in [2.75, 3.05) is 51.8 Å². The third kappa shape index (κ3) is 4.66. The van der Waals surface area contributed by atoms with E-state index < -0.39 is 0 Å². The summed E-state index contributed by atoms with van der Waals surface area (Å²) in [6, 6.07) is 5.08. The molecule has 148 valence electrons. The molecule has 0 radical (unpaired) electrons. The van der Waals surface area contributed by atoms with E-state index in [2.05, 4.69) is 10.2 Å². The smallest absolute Gasteiger partial charge is 0.251 e. The summed E-state index contributed by atoms with van der Waals surface area (Å²) in [4.78, 5) is 15.0. The van der Waals surface area contributed by atoms with Gasteiger partial charge in [0.1, 0.15) is 0 Å². The molecule has 1 atom stereocenters. The molecule has 0 aliphatic carbocycles. The lowest BCUT2D eigenvalue weighted by Gasteiger charge is -2.47. The molecule has 2 aliphatic heterocycles. The lowest BCUT2D eigenvalue weighted by Crippen LogP contribution is -2.58. The number of ether oxygens (including phenoxy) is 2. The molecule has 2 saturated heterocycles. The number of morpholine rings is 1. The first-order valence-corrected chi connectivity index (χ1v) is 9.66. The van der Waals surface area contributed by atoms with Gasteiger partial charge in [-0.25, -0.2) is 0 Å². The van der Waals surface area contributed by atoms with Crippen LogP contribution < -0.4 is 11.1 Å². The van der Waals surface area contributed by atoms with Crippen molar-refractivity contribution in [1.29, 1.82) is 5.41 Å². The Morgan fingerprint density at radius 1 is 1.30 bits per heavy atom. The van der Waals surface area contributed by atoms with Gasteiger partial charge in [0, 0.05) is 54.3 Å². The number of rotatable bonds is 6. The molecule has 1 aromatic carbocycles. The fourth-order valence-corrected chi connectivity index (χ4v) is 4.01. The number of nitrogens with two attached hydrogens (primary N) is 1. The Bertz CT molecular complexity index is 680. The summed E-state index contributed by atoms with van der Waals surface area (Å²) in [5.74, 6) is -0.133. The number of hydrogen-bond donors (Lipinski definition) is 3. The molecule has 1 aromatic rings. The number of anilines is 1. The Labute approximate surface area is 160 Å². The number of nitrogens with zero attached hydrogens (tertiary/aromatic N) is 1. The lowest BCUT2D eigenvalue weighted by atomic mass is 9.86. The van der Waals surface area contributed by atoms with Gasteiger partial charge in [0.2, 0.25) is 0 Å². The van der Waals surface area contributed by atoms with Crippen LogP contribution in [0.25, 0.3) is 0 Å². The fourth-order valence-electron chi connectivity index (χ4n) is 4.01. The fraction of sp³-hybridized carbons (Fsp3) is 0.600. The van der Waals surface area contributed by atoms with Crippen molar-refractivity contribution in [3.63, 3.8) is 0 Å². The van der Waals surface area contributed by atoms with Gasteiger partial charge in [0.15, 0.2) is 0 Å². The van der Waals surface area contributed by atoms with Crippen LogP contribution in [0.2, 0.25) is 0 Å². The van der Waals surface area contributed by atoms with Crippen LogP contribution >= 0.6 is 0 Å². The summed E-state index contributed by atoms with van der Waals surface area (Å²) >= 11 is 0. The standard InChI is InChI=1S/C20H30N4O3/c1-15(21)17-13-16(3-4-18(17)22)19(25)23-7-6-20(5-2-10-27-14-20)24-8-11-26-12-9-24/h3-4,13,21H,2,5-12,14,22H2,1H3,(H,23,25). The molecule has 0 bridgehead atoms. The Kier molecular flexibility index (Phi) is 6.46. The summed E-state index contributed by atoms with van der Waals surface area (Å²) in [6.07, 6.45) is 2.98. The number of amides is 1. The second-order valence-electron chi connectivity index (χ2n) is 7.41. The van der Waals surface area contributed by atoms with Crippen molar-refractivity contribution in [3.05, 3.63) is 29.3 Å². The molecule has 3 rings (SSSR count). The third-order valence-corrected chi connectivity index (χ3v) is 5.58. The molecular weight excluding hydrogens is 344 g/mol. The van der Waals surface area contributed by atoms with Crippen LogP contribution in [0.4, 0.5) is 5.69 Å². The van der Waals surface area contributed by atoms with Gasteiger partial charge in [-0.05, 0) is 44.4 Å². The molecule has 7 heteroatoms. The SMILES string of the molecule is CC(=N)c1cc(C(=O)NCCC2(N3CCOCC3)CCCOC2)ccc1N. The third-order valence-electron chi connectivity index (χ3n) is 5.58. The average Bonchev–Trinajstić information content (AvgIpc) is 2.69. The highest BCUT2D eigenvalue weighted by Crippen LogP contribution is 2.30. The van der Waals surface area contributed by atoms with Gasteiger partial charge in [0.25, 0.3) is 5.91 Å². The zero-order chi connectivity index (χ0) is 19.3. The van der Waals surface area contributed by atoms with E-state index in [0.29, 0.717) is 35.7 Å². The largest absolute Gasteiger partial charge is 0.398 e.